The molecule has 20 heavy (non-hydrogen) atoms. The van der Waals surface area contributed by atoms with Crippen LogP contribution in [0.5, 0.6) is 0 Å². The summed E-state index contributed by atoms with van der Waals surface area (Å²) in [5, 5.41) is 0. The zero-order chi connectivity index (χ0) is 15.6. The number of amides is 1. The molecule has 112 valence electrons. The number of sulfonamides is 1. The molecule has 0 saturated carbocycles. The summed E-state index contributed by atoms with van der Waals surface area (Å²) in [4.78, 5) is 11.3. The van der Waals surface area contributed by atoms with Gasteiger partial charge in [-0.15, -0.1) is 0 Å². The highest BCUT2D eigenvalue weighted by atomic mass is 32.2. The molecule has 0 unspecified atom stereocenters. The predicted molar refractivity (Wildman–Crippen MR) is 78.7 cm³/mol. The van der Waals surface area contributed by atoms with Gasteiger partial charge in [-0.2, -0.15) is 4.72 Å². The molecule has 1 amide bonds. The van der Waals surface area contributed by atoms with E-state index in [0.717, 1.165) is 12.0 Å². The fourth-order valence-corrected chi connectivity index (χ4v) is 3.04. The Labute approximate surface area is 120 Å². The number of hydrogen-bond donors (Lipinski definition) is 2. The zero-order valence-corrected chi connectivity index (χ0v) is 13.1. The first-order chi connectivity index (χ1) is 9.10. The number of nitrogens with one attached hydrogen (secondary N) is 1. The van der Waals surface area contributed by atoms with Crippen molar-refractivity contribution in [2.75, 3.05) is 0 Å². The number of nitrogens with two attached hydrogens (primary N) is 1. The summed E-state index contributed by atoms with van der Waals surface area (Å²) in [7, 11) is -3.76. The van der Waals surface area contributed by atoms with Crippen molar-refractivity contribution < 1.29 is 13.2 Å². The standard InChI is InChI=1S/C14H22N2O3S/c1-5-10(2)11-6-8-12(9-7-11)20(18,19)16-14(3,4)13(15)17/h6-10,16H,5H2,1-4H3,(H2,15,17)/t10-/m1/s1. The monoisotopic (exact) mass is 298 g/mol. The first kappa shape index (κ1) is 16.7. The highest BCUT2D eigenvalue weighted by Crippen LogP contribution is 2.21. The van der Waals surface area contributed by atoms with E-state index in [4.69, 9.17) is 5.73 Å². The van der Waals surface area contributed by atoms with Crippen LogP contribution in [0.4, 0.5) is 0 Å². The summed E-state index contributed by atoms with van der Waals surface area (Å²) < 4.78 is 26.7. The SMILES string of the molecule is CC[C@@H](C)c1ccc(S(=O)(=O)NC(C)(C)C(N)=O)cc1. The Morgan fingerprint density at radius 2 is 1.80 bits per heavy atom. The third kappa shape index (κ3) is 3.80. The molecule has 1 rings (SSSR count). The topological polar surface area (TPSA) is 89.3 Å². The van der Waals surface area contributed by atoms with Crippen molar-refractivity contribution in [3.05, 3.63) is 29.8 Å². The highest BCUT2D eigenvalue weighted by Gasteiger charge is 2.31. The third-order valence-corrected chi connectivity index (χ3v) is 5.05. The summed E-state index contributed by atoms with van der Waals surface area (Å²) in [6.07, 6.45) is 0.985. The first-order valence-corrected chi connectivity index (χ1v) is 8.02. The molecule has 5 nitrogen and oxygen atoms in total. The Morgan fingerprint density at radius 1 is 1.30 bits per heavy atom. The van der Waals surface area contributed by atoms with Gasteiger partial charge in [-0.1, -0.05) is 26.0 Å². The molecule has 0 saturated heterocycles. The molecule has 0 heterocycles. The van der Waals surface area contributed by atoms with Crippen LogP contribution in [0.15, 0.2) is 29.2 Å². The molecule has 1 aromatic rings. The number of benzene rings is 1. The first-order valence-electron chi connectivity index (χ1n) is 6.54. The average Bonchev–Trinajstić information content (AvgIpc) is 2.36. The number of carbonyl (C=O) groups is 1. The van der Waals surface area contributed by atoms with Crippen LogP contribution in [0.2, 0.25) is 0 Å². The second-order valence-corrected chi connectivity index (χ2v) is 7.16. The molecule has 0 aliphatic carbocycles. The lowest BCUT2D eigenvalue weighted by Crippen LogP contribution is -2.52. The van der Waals surface area contributed by atoms with Crippen molar-refractivity contribution in [1.29, 1.82) is 0 Å². The molecule has 0 radical (unpaired) electrons. The highest BCUT2D eigenvalue weighted by molar-refractivity contribution is 7.89. The van der Waals surface area contributed by atoms with Crippen molar-refractivity contribution >= 4 is 15.9 Å². The Balaban J connectivity index is 3.02. The Hall–Kier alpha value is -1.40. The maximum atomic E-state index is 12.2. The van der Waals surface area contributed by atoms with Gasteiger partial charge >= 0.3 is 0 Å². The van der Waals surface area contributed by atoms with E-state index in [1.54, 1.807) is 24.3 Å². The molecule has 0 spiro atoms. The van der Waals surface area contributed by atoms with E-state index in [2.05, 4.69) is 18.6 Å². The van der Waals surface area contributed by atoms with Gasteiger partial charge in [0.15, 0.2) is 0 Å². The lowest BCUT2D eigenvalue weighted by atomic mass is 9.99. The van der Waals surface area contributed by atoms with Crippen molar-refractivity contribution in [3.8, 4) is 0 Å². The second-order valence-electron chi connectivity index (χ2n) is 5.47. The molecule has 1 aromatic carbocycles. The minimum absolute atomic E-state index is 0.124. The second kappa shape index (κ2) is 5.93. The normalized spacial score (nSPS) is 14.0. The van der Waals surface area contributed by atoms with Crippen molar-refractivity contribution in [2.45, 2.75) is 50.5 Å². The van der Waals surface area contributed by atoms with E-state index < -0.39 is 21.5 Å². The van der Waals surface area contributed by atoms with Crippen LogP contribution >= 0.6 is 0 Å². The van der Waals surface area contributed by atoms with Gasteiger partial charge in [-0.05, 0) is 43.9 Å². The molecule has 1 atom stereocenters. The van der Waals surface area contributed by atoms with Crippen LogP contribution in [-0.4, -0.2) is 19.9 Å². The smallest absolute Gasteiger partial charge is 0.241 e. The minimum atomic E-state index is -3.76. The van der Waals surface area contributed by atoms with Crippen LogP contribution < -0.4 is 10.5 Å². The van der Waals surface area contributed by atoms with E-state index in [1.807, 2.05) is 0 Å². The van der Waals surface area contributed by atoms with E-state index in [-0.39, 0.29) is 4.90 Å². The molecule has 0 aromatic heterocycles. The van der Waals surface area contributed by atoms with E-state index >= 15 is 0 Å². The van der Waals surface area contributed by atoms with Gasteiger partial charge in [-0.3, -0.25) is 4.79 Å². The van der Waals surface area contributed by atoms with Gasteiger partial charge in [0.1, 0.15) is 5.54 Å². The fourth-order valence-electron chi connectivity index (χ4n) is 1.66. The van der Waals surface area contributed by atoms with Crippen LogP contribution in [-0.2, 0) is 14.8 Å². The average molecular weight is 298 g/mol. The van der Waals surface area contributed by atoms with Crippen molar-refractivity contribution in [1.82, 2.24) is 4.72 Å². The molecule has 6 heteroatoms. The Morgan fingerprint density at radius 3 is 2.20 bits per heavy atom. The molecular weight excluding hydrogens is 276 g/mol. The molecule has 3 N–H and O–H groups in total. The van der Waals surface area contributed by atoms with Gasteiger partial charge in [-0.25, -0.2) is 8.42 Å². The Bertz CT molecular complexity index is 577. The number of hydrogen-bond acceptors (Lipinski definition) is 3. The van der Waals surface area contributed by atoms with Gasteiger partial charge in [0.2, 0.25) is 15.9 Å². The lowest BCUT2D eigenvalue weighted by molar-refractivity contribution is -0.122. The summed E-state index contributed by atoms with van der Waals surface area (Å²) in [6, 6.07) is 6.67. The van der Waals surface area contributed by atoms with Gasteiger partial charge in [0.25, 0.3) is 0 Å². The third-order valence-electron chi connectivity index (χ3n) is 3.38. The van der Waals surface area contributed by atoms with Gasteiger partial charge in [0.05, 0.1) is 4.90 Å². The minimum Gasteiger partial charge on any atom is -0.368 e. The van der Waals surface area contributed by atoms with Crippen LogP contribution in [0.25, 0.3) is 0 Å². The van der Waals surface area contributed by atoms with Crippen LogP contribution in [0.1, 0.15) is 45.6 Å². The van der Waals surface area contributed by atoms with Crippen molar-refractivity contribution in [2.24, 2.45) is 5.73 Å². The lowest BCUT2D eigenvalue weighted by Gasteiger charge is -2.22. The molecule has 0 bridgehead atoms. The fraction of sp³-hybridized carbons (Fsp3) is 0.500. The predicted octanol–water partition coefficient (Wildman–Crippen LogP) is 1.74. The molecule has 0 aliphatic rings. The van der Waals surface area contributed by atoms with Gasteiger partial charge in [0, 0.05) is 0 Å². The largest absolute Gasteiger partial charge is 0.368 e. The quantitative estimate of drug-likeness (QED) is 0.838. The summed E-state index contributed by atoms with van der Waals surface area (Å²) in [6.45, 7) is 7.02. The summed E-state index contributed by atoms with van der Waals surface area (Å²) in [5.74, 6) is -0.348. The summed E-state index contributed by atoms with van der Waals surface area (Å²) >= 11 is 0. The molecule has 0 aliphatic heterocycles. The zero-order valence-electron chi connectivity index (χ0n) is 12.3. The van der Waals surface area contributed by atoms with Crippen LogP contribution in [0.3, 0.4) is 0 Å². The van der Waals surface area contributed by atoms with Gasteiger partial charge < -0.3 is 5.73 Å². The van der Waals surface area contributed by atoms with Crippen LogP contribution in [0, 0.1) is 0 Å². The maximum absolute atomic E-state index is 12.2. The number of rotatable bonds is 6. The summed E-state index contributed by atoms with van der Waals surface area (Å²) in [5.41, 5.74) is 4.93. The Kier molecular flexibility index (Phi) is 4.94. The number of primary amides is 1. The van der Waals surface area contributed by atoms with Crippen molar-refractivity contribution in [3.63, 3.8) is 0 Å². The van der Waals surface area contributed by atoms with E-state index in [0.29, 0.717) is 5.92 Å². The molecule has 0 fully saturated rings. The van der Waals surface area contributed by atoms with E-state index in [1.165, 1.54) is 13.8 Å². The maximum Gasteiger partial charge on any atom is 0.241 e. The van der Waals surface area contributed by atoms with E-state index in [9.17, 15) is 13.2 Å². The number of carbonyl (C=O) groups excluding carboxylic acids is 1. The molecular formula is C14H22N2O3S.